The van der Waals surface area contributed by atoms with E-state index in [0.29, 0.717) is 27.5 Å². The van der Waals surface area contributed by atoms with E-state index in [-0.39, 0.29) is 11.7 Å². The van der Waals surface area contributed by atoms with Crippen LogP contribution in [0.3, 0.4) is 0 Å². The second kappa shape index (κ2) is 9.67. The molecule has 0 radical (unpaired) electrons. The number of ether oxygens (including phenoxy) is 2. The van der Waals surface area contributed by atoms with Crippen LogP contribution in [0, 0.1) is 6.92 Å². The lowest BCUT2D eigenvalue weighted by Gasteiger charge is -2.10. The van der Waals surface area contributed by atoms with E-state index in [9.17, 15) is 9.59 Å². The van der Waals surface area contributed by atoms with E-state index in [0.717, 1.165) is 5.69 Å². The van der Waals surface area contributed by atoms with Gasteiger partial charge < -0.3 is 9.47 Å². The van der Waals surface area contributed by atoms with Crippen LogP contribution in [0.4, 0.5) is 0 Å². The summed E-state index contributed by atoms with van der Waals surface area (Å²) < 4.78 is 10.7. The summed E-state index contributed by atoms with van der Waals surface area (Å²) in [7, 11) is 1.46. The molecule has 8 heteroatoms. The number of aromatic nitrogens is 1. The second-order valence-electron chi connectivity index (χ2n) is 6.19. The SMILES string of the molecule is COc1cc(/C=N/NC(=O)c2ccc(C)nc2)ccc1OC(=O)c1ccc(Cl)cc1. The first kappa shape index (κ1) is 21.0. The first-order valence-corrected chi connectivity index (χ1v) is 9.26. The van der Waals surface area contributed by atoms with Gasteiger partial charge in [0.25, 0.3) is 5.91 Å². The van der Waals surface area contributed by atoms with Crippen molar-refractivity contribution >= 4 is 29.7 Å². The Hall–Kier alpha value is -3.71. The van der Waals surface area contributed by atoms with E-state index in [1.165, 1.54) is 19.5 Å². The highest BCUT2D eigenvalue weighted by Gasteiger charge is 2.13. The minimum Gasteiger partial charge on any atom is -0.493 e. The van der Waals surface area contributed by atoms with Crippen LogP contribution >= 0.6 is 11.6 Å². The molecule has 3 aromatic rings. The summed E-state index contributed by atoms with van der Waals surface area (Å²) in [6, 6.07) is 14.7. The van der Waals surface area contributed by atoms with Gasteiger partial charge in [-0.05, 0) is 67.1 Å². The number of benzene rings is 2. The number of carbonyl (C=O) groups excluding carboxylic acids is 2. The quantitative estimate of drug-likeness (QED) is 0.280. The molecule has 0 aliphatic carbocycles. The van der Waals surface area contributed by atoms with Crippen molar-refractivity contribution in [3.05, 3.63) is 88.2 Å². The van der Waals surface area contributed by atoms with Crippen LogP contribution in [0.5, 0.6) is 11.5 Å². The maximum absolute atomic E-state index is 12.3. The molecule has 2 aromatic carbocycles. The third-order valence-electron chi connectivity index (χ3n) is 4.02. The number of halogens is 1. The standard InChI is InChI=1S/C22H18ClN3O4/c1-14-3-5-17(13-24-14)21(27)26-25-12-15-4-10-19(20(11-15)29-2)30-22(28)16-6-8-18(23)9-7-16/h3-13H,1-2H3,(H,26,27)/b25-12+. The highest BCUT2D eigenvalue weighted by atomic mass is 35.5. The van der Waals surface area contributed by atoms with Gasteiger partial charge in [0.2, 0.25) is 0 Å². The van der Waals surface area contributed by atoms with Crippen LogP contribution in [-0.4, -0.2) is 30.2 Å². The zero-order valence-electron chi connectivity index (χ0n) is 16.3. The summed E-state index contributed by atoms with van der Waals surface area (Å²) in [5.41, 5.74) is 4.65. The Morgan fingerprint density at radius 1 is 1.03 bits per heavy atom. The number of esters is 1. The van der Waals surface area contributed by atoms with Gasteiger partial charge in [-0.2, -0.15) is 5.10 Å². The number of carbonyl (C=O) groups is 2. The molecule has 0 aliphatic heterocycles. The molecule has 0 saturated heterocycles. The van der Waals surface area contributed by atoms with Gasteiger partial charge in [-0.1, -0.05) is 11.6 Å². The third-order valence-corrected chi connectivity index (χ3v) is 4.28. The van der Waals surface area contributed by atoms with Gasteiger partial charge in [0, 0.05) is 16.9 Å². The summed E-state index contributed by atoms with van der Waals surface area (Å²) in [5.74, 6) is -0.315. The predicted octanol–water partition coefficient (Wildman–Crippen LogP) is 4.04. The number of pyridine rings is 1. The van der Waals surface area contributed by atoms with Gasteiger partial charge in [0.1, 0.15) is 0 Å². The Morgan fingerprint density at radius 2 is 1.77 bits per heavy atom. The smallest absolute Gasteiger partial charge is 0.343 e. The maximum atomic E-state index is 12.3. The fourth-order valence-corrected chi connectivity index (χ4v) is 2.55. The van der Waals surface area contributed by atoms with E-state index < -0.39 is 5.97 Å². The average molecular weight is 424 g/mol. The zero-order chi connectivity index (χ0) is 21.5. The Labute approximate surface area is 178 Å². The normalized spacial score (nSPS) is 10.6. The number of hydrogen-bond acceptors (Lipinski definition) is 6. The number of amides is 1. The van der Waals surface area contributed by atoms with Crippen LogP contribution in [0.25, 0.3) is 0 Å². The molecule has 0 unspecified atom stereocenters. The van der Waals surface area contributed by atoms with Crippen molar-refractivity contribution in [3.63, 3.8) is 0 Å². The van der Waals surface area contributed by atoms with Gasteiger partial charge in [-0.25, -0.2) is 10.2 Å². The molecule has 1 heterocycles. The molecule has 152 valence electrons. The van der Waals surface area contributed by atoms with Crippen molar-refractivity contribution in [2.24, 2.45) is 5.10 Å². The van der Waals surface area contributed by atoms with Crippen molar-refractivity contribution in [1.29, 1.82) is 0 Å². The lowest BCUT2D eigenvalue weighted by atomic mass is 10.2. The number of nitrogens with zero attached hydrogens (tertiary/aromatic N) is 2. The second-order valence-corrected chi connectivity index (χ2v) is 6.63. The van der Waals surface area contributed by atoms with Gasteiger partial charge >= 0.3 is 5.97 Å². The Kier molecular flexibility index (Phi) is 6.77. The molecule has 1 N–H and O–H groups in total. The summed E-state index contributed by atoms with van der Waals surface area (Å²) in [6.45, 7) is 1.84. The third kappa shape index (κ3) is 5.42. The minimum atomic E-state index is -0.537. The van der Waals surface area contributed by atoms with Crippen LogP contribution < -0.4 is 14.9 Å². The molecule has 30 heavy (non-hydrogen) atoms. The summed E-state index contributed by atoms with van der Waals surface area (Å²) in [6.07, 6.45) is 2.93. The van der Waals surface area contributed by atoms with Crippen LogP contribution in [0.2, 0.25) is 5.02 Å². The molecule has 0 saturated carbocycles. The van der Waals surface area contributed by atoms with Crippen molar-refractivity contribution in [2.75, 3.05) is 7.11 Å². The number of aryl methyl sites for hydroxylation is 1. The van der Waals surface area contributed by atoms with E-state index in [2.05, 4.69) is 15.5 Å². The molecule has 0 aliphatic rings. The first-order chi connectivity index (χ1) is 14.5. The Morgan fingerprint density at radius 3 is 2.43 bits per heavy atom. The number of methoxy groups -OCH3 is 1. The Balaban J connectivity index is 1.66. The topological polar surface area (TPSA) is 89.9 Å². The van der Waals surface area contributed by atoms with E-state index in [1.807, 2.05) is 6.92 Å². The monoisotopic (exact) mass is 423 g/mol. The molecular weight excluding hydrogens is 406 g/mol. The van der Waals surface area contributed by atoms with E-state index in [1.54, 1.807) is 54.6 Å². The highest BCUT2D eigenvalue weighted by Crippen LogP contribution is 2.28. The molecular formula is C22H18ClN3O4. The van der Waals surface area contributed by atoms with E-state index >= 15 is 0 Å². The van der Waals surface area contributed by atoms with Crippen LogP contribution in [-0.2, 0) is 0 Å². The number of hydrazone groups is 1. The lowest BCUT2D eigenvalue weighted by Crippen LogP contribution is -2.17. The molecule has 0 bridgehead atoms. The summed E-state index contributed by atoms with van der Waals surface area (Å²) in [4.78, 5) is 28.4. The number of hydrogen-bond donors (Lipinski definition) is 1. The van der Waals surface area contributed by atoms with Crippen molar-refractivity contribution in [1.82, 2.24) is 10.4 Å². The molecule has 1 aromatic heterocycles. The molecule has 0 fully saturated rings. The van der Waals surface area contributed by atoms with Crippen molar-refractivity contribution in [3.8, 4) is 11.5 Å². The summed E-state index contributed by atoms with van der Waals surface area (Å²) in [5, 5.41) is 4.46. The molecule has 1 amide bonds. The molecule has 0 atom stereocenters. The zero-order valence-corrected chi connectivity index (χ0v) is 17.0. The van der Waals surface area contributed by atoms with Crippen molar-refractivity contribution < 1.29 is 19.1 Å². The number of rotatable bonds is 6. The minimum absolute atomic E-state index is 0.254. The maximum Gasteiger partial charge on any atom is 0.343 e. The molecule has 3 rings (SSSR count). The average Bonchev–Trinajstić information content (AvgIpc) is 2.75. The highest BCUT2D eigenvalue weighted by molar-refractivity contribution is 6.30. The predicted molar refractivity (Wildman–Crippen MR) is 113 cm³/mol. The van der Waals surface area contributed by atoms with Crippen molar-refractivity contribution in [2.45, 2.75) is 6.92 Å². The van der Waals surface area contributed by atoms with Gasteiger partial charge in [-0.15, -0.1) is 0 Å². The first-order valence-electron chi connectivity index (χ1n) is 8.88. The summed E-state index contributed by atoms with van der Waals surface area (Å²) >= 11 is 5.83. The lowest BCUT2D eigenvalue weighted by molar-refractivity contribution is 0.0729. The Bertz CT molecular complexity index is 1080. The fourth-order valence-electron chi connectivity index (χ4n) is 2.43. The molecule has 0 spiro atoms. The van der Waals surface area contributed by atoms with Crippen LogP contribution in [0.15, 0.2) is 65.9 Å². The van der Waals surface area contributed by atoms with Gasteiger partial charge in [0.15, 0.2) is 11.5 Å². The fraction of sp³-hybridized carbons (Fsp3) is 0.0909. The van der Waals surface area contributed by atoms with Crippen LogP contribution in [0.1, 0.15) is 32.0 Å². The number of nitrogens with one attached hydrogen (secondary N) is 1. The molecule has 7 nitrogen and oxygen atoms in total. The van der Waals surface area contributed by atoms with E-state index in [4.69, 9.17) is 21.1 Å². The van der Waals surface area contributed by atoms with Gasteiger partial charge in [0.05, 0.1) is 24.5 Å². The van der Waals surface area contributed by atoms with Gasteiger partial charge in [-0.3, -0.25) is 9.78 Å². The largest absolute Gasteiger partial charge is 0.493 e.